The average molecular weight is 435 g/mol. The molecule has 3 rings (SSSR count). The van der Waals surface area contributed by atoms with E-state index in [1.165, 1.54) is 36.8 Å². The molecule has 2 aromatic rings. The van der Waals surface area contributed by atoms with Crippen molar-refractivity contribution < 1.29 is 0 Å². The third kappa shape index (κ3) is 5.32. The number of benzene rings is 1. The fourth-order valence-electron chi connectivity index (χ4n) is 4.09. The lowest BCUT2D eigenvalue weighted by molar-refractivity contribution is 0.188. The summed E-state index contributed by atoms with van der Waals surface area (Å²) < 4.78 is 2.47. The molecule has 2 unspecified atom stereocenters. The molecule has 0 radical (unpaired) electrons. The molecule has 5 nitrogen and oxygen atoms in total. The lowest BCUT2D eigenvalue weighted by Gasteiger charge is -2.32. The average Bonchev–Trinajstić information content (AvgIpc) is 3.08. The Morgan fingerprint density at radius 3 is 2.74 bits per heavy atom. The van der Waals surface area contributed by atoms with Crippen molar-refractivity contribution in [1.82, 2.24) is 19.7 Å². The fraction of sp³-hybridized carbons (Fsp3) is 0.619. The molecule has 1 fully saturated rings. The number of hydrogen-bond donors (Lipinski definition) is 1. The Labute approximate surface area is 170 Å². The summed E-state index contributed by atoms with van der Waals surface area (Å²) in [6.07, 6.45) is 7.42. The molecule has 2 heterocycles. The van der Waals surface area contributed by atoms with Crippen molar-refractivity contribution in [3.05, 3.63) is 45.0 Å². The van der Waals surface area contributed by atoms with E-state index in [2.05, 4.69) is 44.8 Å². The molecule has 0 aliphatic carbocycles. The molecule has 6 heteroatoms. The van der Waals surface area contributed by atoms with Crippen LogP contribution >= 0.6 is 15.9 Å². The second-order valence-corrected chi connectivity index (χ2v) is 8.61. The molecule has 1 aliphatic heterocycles. The van der Waals surface area contributed by atoms with Gasteiger partial charge in [-0.15, -0.1) is 5.10 Å². The minimum absolute atomic E-state index is 0.154. The predicted molar refractivity (Wildman–Crippen MR) is 114 cm³/mol. The maximum absolute atomic E-state index is 12.4. The predicted octanol–water partition coefficient (Wildman–Crippen LogP) is 4.72. The van der Waals surface area contributed by atoms with E-state index in [9.17, 15) is 4.79 Å². The number of H-pyrrole nitrogens is 1. The second kappa shape index (κ2) is 9.69. The number of halogens is 1. The van der Waals surface area contributed by atoms with E-state index in [0.717, 1.165) is 48.0 Å². The van der Waals surface area contributed by atoms with Crippen molar-refractivity contribution in [3.8, 4) is 5.69 Å². The van der Waals surface area contributed by atoms with Gasteiger partial charge >= 0.3 is 5.69 Å². The first-order chi connectivity index (χ1) is 13.1. The first kappa shape index (κ1) is 20.3. The summed E-state index contributed by atoms with van der Waals surface area (Å²) in [5, 5.41) is 4.62. The standard InChI is InChI=1S/C21H31BrN4O/c1-3-6-16(4-2)12-14-25-13-5-7-17(15-25)20-23-21(27)26(24-20)19-10-8-18(22)9-11-19/h8-11,16-17H,3-7,12-15H2,1-2H3,(H,23,24,27). The van der Waals surface area contributed by atoms with Crippen LogP contribution in [0, 0.1) is 5.92 Å². The second-order valence-electron chi connectivity index (χ2n) is 7.69. The molecule has 0 bridgehead atoms. The molecular formula is C21H31BrN4O. The third-order valence-corrected chi connectivity index (χ3v) is 6.26. The van der Waals surface area contributed by atoms with E-state index in [1.54, 1.807) is 0 Å². The van der Waals surface area contributed by atoms with Gasteiger partial charge < -0.3 is 4.90 Å². The molecule has 0 amide bonds. The summed E-state index contributed by atoms with van der Waals surface area (Å²) in [5.41, 5.74) is 0.641. The zero-order chi connectivity index (χ0) is 19.2. The van der Waals surface area contributed by atoms with E-state index in [1.807, 2.05) is 24.3 Å². The molecule has 2 atom stereocenters. The smallest absolute Gasteiger partial charge is 0.303 e. The van der Waals surface area contributed by atoms with Gasteiger partial charge in [0.05, 0.1) is 5.69 Å². The SMILES string of the molecule is CCCC(CC)CCN1CCCC(c2nn(-c3ccc(Br)cc3)c(=O)[nH]2)C1. The van der Waals surface area contributed by atoms with Gasteiger partial charge in [-0.05, 0) is 62.5 Å². The molecule has 0 spiro atoms. The Hall–Kier alpha value is -1.40. The number of hydrogen-bond acceptors (Lipinski definition) is 3. The first-order valence-electron chi connectivity index (χ1n) is 10.3. The molecular weight excluding hydrogens is 404 g/mol. The molecule has 148 valence electrons. The molecule has 1 N–H and O–H groups in total. The quantitative estimate of drug-likeness (QED) is 0.653. The van der Waals surface area contributed by atoms with Crippen LogP contribution in [-0.2, 0) is 0 Å². The summed E-state index contributed by atoms with van der Waals surface area (Å²) in [6.45, 7) is 7.90. The highest BCUT2D eigenvalue weighted by atomic mass is 79.9. The van der Waals surface area contributed by atoms with Crippen LogP contribution in [-0.4, -0.2) is 39.3 Å². The summed E-state index contributed by atoms with van der Waals surface area (Å²) in [7, 11) is 0. The van der Waals surface area contributed by atoms with Crippen molar-refractivity contribution in [1.29, 1.82) is 0 Å². The largest absolute Gasteiger partial charge is 0.348 e. The molecule has 1 saturated heterocycles. The van der Waals surface area contributed by atoms with Crippen LogP contribution < -0.4 is 5.69 Å². The number of rotatable bonds is 8. The highest BCUT2D eigenvalue weighted by Crippen LogP contribution is 2.25. The van der Waals surface area contributed by atoms with Gasteiger partial charge in [0.1, 0.15) is 5.82 Å². The zero-order valence-electron chi connectivity index (χ0n) is 16.5. The first-order valence-corrected chi connectivity index (χ1v) is 11.1. The van der Waals surface area contributed by atoms with E-state index in [4.69, 9.17) is 0 Å². The lowest BCUT2D eigenvalue weighted by atomic mass is 9.94. The van der Waals surface area contributed by atoms with E-state index in [0.29, 0.717) is 5.92 Å². The van der Waals surface area contributed by atoms with Crippen LogP contribution in [0.15, 0.2) is 33.5 Å². The summed E-state index contributed by atoms with van der Waals surface area (Å²) >= 11 is 3.43. The molecule has 0 saturated carbocycles. The number of nitrogens with zero attached hydrogens (tertiary/aromatic N) is 3. The van der Waals surface area contributed by atoms with Crippen molar-refractivity contribution in [2.45, 2.75) is 58.3 Å². The van der Waals surface area contributed by atoms with Gasteiger partial charge in [0.25, 0.3) is 0 Å². The van der Waals surface area contributed by atoms with Crippen LogP contribution in [0.4, 0.5) is 0 Å². The zero-order valence-corrected chi connectivity index (χ0v) is 18.0. The Morgan fingerprint density at radius 1 is 1.26 bits per heavy atom. The van der Waals surface area contributed by atoms with E-state index >= 15 is 0 Å². The maximum Gasteiger partial charge on any atom is 0.348 e. The monoisotopic (exact) mass is 434 g/mol. The normalized spacial score (nSPS) is 19.3. The molecule has 1 aliphatic rings. The summed E-state index contributed by atoms with van der Waals surface area (Å²) in [5.74, 6) is 1.98. The number of nitrogens with one attached hydrogen (secondary N) is 1. The van der Waals surface area contributed by atoms with Crippen molar-refractivity contribution in [2.75, 3.05) is 19.6 Å². The van der Waals surface area contributed by atoms with Crippen LogP contribution in [0.2, 0.25) is 0 Å². The third-order valence-electron chi connectivity index (χ3n) is 5.73. The molecule has 27 heavy (non-hydrogen) atoms. The highest BCUT2D eigenvalue weighted by Gasteiger charge is 2.25. The maximum atomic E-state index is 12.4. The fourth-order valence-corrected chi connectivity index (χ4v) is 4.35. The molecule has 1 aromatic carbocycles. The van der Waals surface area contributed by atoms with E-state index in [-0.39, 0.29) is 5.69 Å². The van der Waals surface area contributed by atoms with Gasteiger partial charge in [-0.3, -0.25) is 4.98 Å². The van der Waals surface area contributed by atoms with Gasteiger partial charge in [0.15, 0.2) is 0 Å². The number of likely N-dealkylation sites (tertiary alicyclic amines) is 1. The minimum Gasteiger partial charge on any atom is -0.303 e. The van der Waals surface area contributed by atoms with Gasteiger partial charge in [-0.2, -0.15) is 4.68 Å². The topological polar surface area (TPSA) is 53.9 Å². The Balaban J connectivity index is 1.65. The van der Waals surface area contributed by atoms with Crippen molar-refractivity contribution in [2.24, 2.45) is 5.92 Å². The van der Waals surface area contributed by atoms with Crippen molar-refractivity contribution in [3.63, 3.8) is 0 Å². The van der Waals surface area contributed by atoms with Crippen molar-refractivity contribution >= 4 is 15.9 Å². The minimum atomic E-state index is -0.154. The van der Waals surface area contributed by atoms with Gasteiger partial charge in [0, 0.05) is 16.9 Å². The van der Waals surface area contributed by atoms with Crippen LogP contribution in [0.3, 0.4) is 0 Å². The van der Waals surface area contributed by atoms with E-state index < -0.39 is 0 Å². The Bertz CT molecular complexity index is 767. The van der Waals surface area contributed by atoms with Crippen LogP contribution in [0.25, 0.3) is 5.69 Å². The number of piperidine rings is 1. The Morgan fingerprint density at radius 2 is 2.04 bits per heavy atom. The highest BCUT2D eigenvalue weighted by molar-refractivity contribution is 9.10. The van der Waals surface area contributed by atoms with Gasteiger partial charge in [-0.25, -0.2) is 4.79 Å². The number of aromatic nitrogens is 3. The molecule has 1 aromatic heterocycles. The summed E-state index contributed by atoms with van der Waals surface area (Å²) in [4.78, 5) is 18.0. The Kier molecular flexibility index (Phi) is 7.30. The summed E-state index contributed by atoms with van der Waals surface area (Å²) in [6, 6.07) is 7.67. The lowest BCUT2D eigenvalue weighted by Crippen LogP contribution is -2.36. The van der Waals surface area contributed by atoms with Gasteiger partial charge in [-0.1, -0.05) is 49.0 Å². The van der Waals surface area contributed by atoms with Gasteiger partial charge in [0.2, 0.25) is 0 Å². The van der Waals surface area contributed by atoms with Crippen LogP contribution in [0.1, 0.15) is 64.1 Å². The van der Waals surface area contributed by atoms with Crippen LogP contribution in [0.5, 0.6) is 0 Å². The number of aromatic amines is 1.